The van der Waals surface area contributed by atoms with Crippen molar-refractivity contribution in [2.45, 2.75) is 0 Å². The van der Waals surface area contributed by atoms with E-state index < -0.39 is 5.76 Å². The summed E-state index contributed by atoms with van der Waals surface area (Å²) in [7, 11) is 0. The average molecular weight is 161 g/mol. The molecule has 59 valence electrons. The normalized spacial score (nSPS) is 10.0. The van der Waals surface area contributed by atoms with Crippen LogP contribution in [-0.4, -0.2) is 9.78 Å². The minimum atomic E-state index is -0.527. The Kier molecular flexibility index (Phi) is 1.51. The molecule has 0 N–H and O–H groups in total. The van der Waals surface area contributed by atoms with E-state index in [1.165, 1.54) is 0 Å². The highest BCUT2D eigenvalue weighted by Crippen LogP contribution is 2.00. The Balaban J connectivity index is 2.59. The molecule has 12 heavy (non-hydrogen) atoms. The highest BCUT2D eigenvalue weighted by molar-refractivity contribution is 5.28. The van der Waals surface area contributed by atoms with Crippen LogP contribution >= 0.6 is 0 Å². The van der Waals surface area contributed by atoms with Crippen LogP contribution in [0.4, 0.5) is 0 Å². The Morgan fingerprint density at radius 2 is 2.08 bits per heavy atom. The Morgan fingerprint density at radius 3 is 2.67 bits per heavy atom. The summed E-state index contributed by atoms with van der Waals surface area (Å²) in [6.07, 6.45) is 2.12. The Hall–Kier alpha value is -1.84. The van der Waals surface area contributed by atoms with Crippen molar-refractivity contribution in [3.05, 3.63) is 47.3 Å². The fraction of sp³-hybridized carbons (Fsp3) is 0. The summed E-state index contributed by atoms with van der Waals surface area (Å²) >= 11 is 0. The molecule has 1 radical (unpaired) electrons. The van der Waals surface area contributed by atoms with Crippen LogP contribution in [0.15, 0.2) is 39.5 Å². The smallest absolute Gasteiger partial charge is 0.382 e. The first-order valence-electron chi connectivity index (χ1n) is 3.39. The maximum absolute atomic E-state index is 10.9. The fourth-order valence-electron chi connectivity index (χ4n) is 0.917. The molecule has 4 heteroatoms. The zero-order chi connectivity index (χ0) is 8.39. The van der Waals surface area contributed by atoms with E-state index in [1.54, 1.807) is 12.1 Å². The Labute approximate surface area is 68.1 Å². The number of hydrogen-bond acceptors (Lipinski definition) is 3. The molecule has 1 aromatic heterocycles. The Morgan fingerprint density at radius 1 is 1.33 bits per heavy atom. The van der Waals surface area contributed by atoms with Crippen LogP contribution in [-0.2, 0) is 0 Å². The Bertz CT molecular complexity index is 416. The number of rotatable bonds is 1. The lowest BCUT2D eigenvalue weighted by atomic mass is 10.3. The van der Waals surface area contributed by atoms with E-state index in [2.05, 4.69) is 15.9 Å². The molecule has 0 unspecified atom stereocenters. The second-order valence-corrected chi connectivity index (χ2v) is 2.21. The van der Waals surface area contributed by atoms with Gasteiger partial charge in [0.25, 0.3) is 0 Å². The summed E-state index contributed by atoms with van der Waals surface area (Å²) in [4.78, 5) is 10.9. The van der Waals surface area contributed by atoms with Gasteiger partial charge in [-0.05, 0) is 12.1 Å². The molecule has 1 heterocycles. The molecule has 0 amide bonds. The zero-order valence-corrected chi connectivity index (χ0v) is 6.10. The summed E-state index contributed by atoms with van der Waals surface area (Å²) in [5.74, 6) is -0.527. The fourth-order valence-corrected chi connectivity index (χ4v) is 0.917. The van der Waals surface area contributed by atoms with Gasteiger partial charge < -0.3 is 4.42 Å². The molecule has 0 aliphatic carbocycles. The molecule has 1 aromatic carbocycles. The second-order valence-electron chi connectivity index (χ2n) is 2.21. The van der Waals surface area contributed by atoms with Gasteiger partial charge in [-0.1, -0.05) is 18.2 Å². The third-order valence-corrected chi connectivity index (χ3v) is 1.45. The summed E-state index contributed by atoms with van der Waals surface area (Å²) in [5.41, 5.74) is 0.674. The van der Waals surface area contributed by atoms with E-state index in [9.17, 15) is 4.79 Å². The predicted molar refractivity (Wildman–Crippen MR) is 40.9 cm³/mol. The third-order valence-electron chi connectivity index (χ3n) is 1.45. The number of nitrogens with zero attached hydrogens (tertiary/aromatic N) is 2. The summed E-state index contributed by atoms with van der Waals surface area (Å²) < 4.78 is 5.53. The summed E-state index contributed by atoms with van der Waals surface area (Å²) in [6.45, 7) is 0. The van der Waals surface area contributed by atoms with Gasteiger partial charge in [0.05, 0.1) is 5.69 Å². The van der Waals surface area contributed by atoms with Crippen molar-refractivity contribution in [1.29, 1.82) is 0 Å². The van der Waals surface area contributed by atoms with Crippen LogP contribution < -0.4 is 5.76 Å². The monoisotopic (exact) mass is 161 g/mol. The van der Waals surface area contributed by atoms with Gasteiger partial charge in [-0.25, -0.2) is 4.79 Å². The topological polar surface area (TPSA) is 48.0 Å². The minimum Gasteiger partial charge on any atom is -0.382 e. The van der Waals surface area contributed by atoms with Crippen molar-refractivity contribution in [3.8, 4) is 5.69 Å². The van der Waals surface area contributed by atoms with Crippen molar-refractivity contribution in [1.82, 2.24) is 9.78 Å². The molecule has 2 aromatic rings. The van der Waals surface area contributed by atoms with Gasteiger partial charge in [0, 0.05) is 0 Å². The van der Waals surface area contributed by atoms with Crippen molar-refractivity contribution >= 4 is 0 Å². The van der Waals surface area contributed by atoms with Crippen molar-refractivity contribution in [3.63, 3.8) is 0 Å². The number of benzene rings is 1. The number of para-hydroxylation sites is 1. The molecule has 0 bridgehead atoms. The number of hydrogen-bond donors (Lipinski definition) is 0. The second kappa shape index (κ2) is 2.65. The molecule has 0 aliphatic heterocycles. The standard InChI is InChI=1S/C8H5N2O2/c11-8-10(9-6-12-8)7-4-2-1-3-5-7/h1-5H. The van der Waals surface area contributed by atoms with Crippen LogP contribution in [0.25, 0.3) is 5.69 Å². The minimum absolute atomic E-state index is 0.527. The highest BCUT2D eigenvalue weighted by atomic mass is 16.4. The molecule has 0 atom stereocenters. The quantitative estimate of drug-likeness (QED) is 0.616. The van der Waals surface area contributed by atoms with Gasteiger partial charge in [-0.15, -0.1) is 5.10 Å². The molecular weight excluding hydrogens is 156 g/mol. The van der Waals surface area contributed by atoms with Crippen LogP contribution in [0.2, 0.25) is 0 Å². The average Bonchev–Trinajstić information content (AvgIpc) is 2.53. The van der Waals surface area contributed by atoms with E-state index in [1.807, 2.05) is 18.2 Å². The summed E-state index contributed by atoms with van der Waals surface area (Å²) in [6, 6.07) is 9.01. The third kappa shape index (κ3) is 1.03. The van der Waals surface area contributed by atoms with Crippen LogP contribution in [0.5, 0.6) is 0 Å². The highest BCUT2D eigenvalue weighted by Gasteiger charge is 2.00. The first-order valence-corrected chi connectivity index (χ1v) is 3.39. The molecule has 0 aliphatic rings. The molecule has 2 rings (SSSR count). The molecule has 4 nitrogen and oxygen atoms in total. The van der Waals surface area contributed by atoms with E-state index in [0.717, 1.165) is 4.68 Å². The molecule has 0 saturated heterocycles. The first-order chi connectivity index (χ1) is 5.88. The van der Waals surface area contributed by atoms with Crippen LogP contribution in [0.1, 0.15) is 0 Å². The van der Waals surface area contributed by atoms with E-state index in [-0.39, 0.29) is 0 Å². The van der Waals surface area contributed by atoms with Crippen LogP contribution in [0, 0.1) is 6.39 Å². The van der Waals surface area contributed by atoms with Crippen molar-refractivity contribution < 1.29 is 4.42 Å². The molecule has 0 spiro atoms. The first kappa shape index (κ1) is 6.84. The SMILES string of the molecule is O=c1o[c]nn1-c1ccccc1. The lowest BCUT2D eigenvalue weighted by Gasteiger charge is -1.94. The maximum atomic E-state index is 10.9. The maximum Gasteiger partial charge on any atom is 0.442 e. The molecule has 0 saturated carbocycles. The van der Waals surface area contributed by atoms with Crippen molar-refractivity contribution in [2.24, 2.45) is 0 Å². The lowest BCUT2D eigenvalue weighted by molar-refractivity contribution is 0.496. The van der Waals surface area contributed by atoms with Gasteiger partial charge in [-0.3, -0.25) is 0 Å². The van der Waals surface area contributed by atoms with Gasteiger partial charge >= 0.3 is 12.1 Å². The summed E-state index contributed by atoms with van der Waals surface area (Å²) in [5, 5.41) is 3.60. The molecular formula is C8H5N2O2. The molecule has 0 fully saturated rings. The van der Waals surface area contributed by atoms with Crippen molar-refractivity contribution in [2.75, 3.05) is 0 Å². The predicted octanol–water partition coefficient (Wildman–Crippen LogP) is 0.626. The lowest BCUT2D eigenvalue weighted by Crippen LogP contribution is -2.12. The van der Waals surface area contributed by atoms with Gasteiger partial charge in [-0.2, -0.15) is 4.68 Å². The van der Waals surface area contributed by atoms with Gasteiger partial charge in [0.1, 0.15) is 0 Å². The van der Waals surface area contributed by atoms with E-state index in [0.29, 0.717) is 5.69 Å². The van der Waals surface area contributed by atoms with E-state index >= 15 is 0 Å². The van der Waals surface area contributed by atoms with Gasteiger partial charge in [0.15, 0.2) is 0 Å². The number of aromatic nitrogens is 2. The van der Waals surface area contributed by atoms with Crippen LogP contribution in [0.3, 0.4) is 0 Å². The largest absolute Gasteiger partial charge is 0.442 e. The van der Waals surface area contributed by atoms with E-state index in [4.69, 9.17) is 0 Å². The zero-order valence-electron chi connectivity index (χ0n) is 6.10. The van der Waals surface area contributed by atoms with Gasteiger partial charge in [0.2, 0.25) is 0 Å².